The van der Waals surface area contributed by atoms with Crippen LogP contribution in [0.25, 0.3) is 0 Å². The average molecular weight is 1110 g/mol. The molecule has 0 fully saturated rings. The van der Waals surface area contributed by atoms with Crippen LogP contribution in [0.1, 0.15) is 284 Å². The summed E-state index contributed by atoms with van der Waals surface area (Å²) in [7, 11) is 0. The van der Waals surface area contributed by atoms with E-state index in [1.165, 1.54) is 83.5 Å². The van der Waals surface area contributed by atoms with Crippen LogP contribution in [0.2, 0.25) is 0 Å². The van der Waals surface area contributed by atoms with Gasteiger partial charge >= 0.3 is 17.9 Å². The van der Waals surface area contributed by atoms with Gasteiger partial charge in [0.25, 0.3) is 0 Å². The molecule has 0 heterocycles. The Morgan fingerprint density at radius 3 is 0.762 bits per heavy atom. The molecule has 6 heteroatoms. The third-order valence-electron chi connectivity index (χ3n) is 13.6. The predicted molar refractivity (Wildman–Crippen MR) is 348 cm³/mol. The summed E-state index contributed by atoms with van der Waals surface area (Å²) < 4.78 is 16.9. The van der Waals surface area contributed by atoms with Gasteiger partial charge in [0.1, 0.15) is 13.2 Å². The zero-order valence-corrected chi connectivity index (χ0v) is 51.8. The number of hydrogen-bond donors (Lipinski definition) is 0. The summed E-state index contributed by atoms with van der Waals surface area (Å²) in [5.41, 5.74) is 0. The zero-order valence-electron chi connectivity index (χ0n) is 51.8. The summed E-state index contributed by atoms with van der Waals surface area (Å²) in [5.74, 6) is -0.926. The van der Waals surface area contributed by atoms with Crippen LogP contribution < -0.4 is 0 Å². The van der Waals surface area contributed by atoms with Crippen molar-refractivity contribution >= 4 is 17.9 Å². The largest absolute Gasteiger partial charge is 0.462 e. The van der Waals surface area contributed by atoms with Gasteiger partial charge in [-0.3, -0.25) is 14.4 Å². The van der Waals surface area contributed by atoms with Gasteiger partial charge in [-0.25, -0.2) is 0 Å². The van der Waals surface area contributed by atoms with Gasteiger partial charge in [-0.05, 0) is 135 Å². The molecule has 0 aliphatic rings. The van der Waals surface area contributed by atoms with E-state index >= 15 is 0 Å². The fourth-order valence-electron chi connectivity index (χ4n) is 8.69. The van der Waals surface area contributed by atoms with Gasteiger partial charge in [-0.2, -0.15) is 0 Å². The van der Waals surface area contributed by atoms with E-state index in [1.807, 2.05) is 0 Å². The Bertz CT molecular complexity index is 1750. The number of ether oxygens (including phenoxy) is 3. The molecule has 0 saturated carbocycles. The molecule has 0 aromatic rings. The lowest BCUT2D eigenvalue weighted by molar-refractivity contribution is -0.167. The molecule has 1 atom stereocenters. The molecule has 0 aliphatic heterocycles. The van der Waals surface area contributed by atoms with Crippen molar-refractivity contribution in [3.8, 4) is 0 Å². The quantitative estimate of drug-likeness (QED) is 0.0261. The monoisotopic (exact) mass is 1100 g/mol. The van der Waals surface area contributed by atoms with E-state index in [2.05, 4.69) is 167 Å². The highest BCUT2D eigenvalue weighted by molar-refractivity contribution is 5.71. The van der Waals surface area contributed by atoms with Crippen LogP contribution in [-0.2, 0) is 28.6 Å². The van der Waals surface area contributed by atoms with E-state index < -0.39 is 6.10 Å². The molecule has 0 spiro atoms. The minimum atomic E-state index is -0.801. The molecule has 0 aromatic heterocycles. The maximum Gasteiger partial charge on any atom is 0.306 e. The van der Waals surface area contributed by atoms with Crippen molar-refractivity contribution in [2.24, 2.45) is 0 Å². The summed E-state index contributed by atoms with van der Waals surface area (Å²) in [6.45, 7) is 6.35. The van der Waals surface area contributed by atoms with Gasteiger partial charge in [0.15, 0.2) is 6.10 Å². The molecule has 0 rings (SSSR count). The predicted octanol–water partition coefficient (Wildman–Crippen LogP) is 22.7. The highest BCUT2D eigenvalue weighted by atomic mass is 16.6. The number of unbranched alkanes of at least 4 members (excludes halogenated alkanes) is 23. The third kappa shape index (κ3) is 64.1. The van der Waals surface area contributed by atoms with Crippen molar-refractivity contribution in [1.29, 1.82) is 0 Å². The maximum absolute atomic E-state index is 12.9. The third-order valence-corrected chi connectivity index (χ3v) is 13.6. The second kappa shape index (κ2) is 66.8. The van der Waals surface area contributed by atoms with E-state index in [-0.39, 0.29) is 31.1 Å². The van der Waals surface area contributed by atoms with Gasteiger partial charge in [0.2, 0.25) is 0 Å². The summed E-state index contributed by atoms with van der Waals surface area (Å²) in [5, 5.41) is 0. The molecule has 0 radical (unpaired) electrons. The minimum absolute atomic E-state index is 0.0951. The van der Waals surface area contributed by atoms with E-state index in [0.29, 0.717) is 19.3 Å². The normalized spacial score (nSPS) is 13.1. The highest BCUT2D eigenvalue weighted by Gasteiger charge is 2.19. The lowest BCUT2D eigenvalue weighted by atomic mass is 10.1. The standard InChI is InChI=1S/C74H120O6/c1-4-7-10-13-16-19-22-25-28-30-32-33-34-35-36-37-38-39-40-41-43-44-46-49-52-55-58-61-64-67-73(76)79-70-71(69-78-72(75)66-63-60-57-54-51-48-27-24-21-18-15-12-9-6-3)80-74(77)68-65-62-59-56-53-50-47-45-42-31-29-26-23-20-17-14-11-8-5-2/h7-8,10-11,15-20,24-29,32-33,35-36,38-39,42,45,71H,4-6,9,12-14,21-23,30-31,34,37,40-41,43-44,46-70H2,1-3H3/b10-7-,11-8-,18-15-,19-16-,20-17-,27-24-,28-25-,29-26-,33-32-,36-35-,39-38-,45-42-. The van der Waals surface area contributed by atoms with Crippen molar-refractivity contribution in [1.82, 2.24) is 0 Å². The second-order valence-corrected chi connectivity index (χ2v) is 21.3. The topological polar surface area (TPSA) is 78.9 Å². The lowest BCUT2D eigenvalue weighted by Gasteiger charge is -2.18. The summed E-state index contributed by atoms with van der Waals surface area (Å²) >= 11 is 0. The van der Waals surface area contributed by atoms with Gasteiger partial charge in [-0.15, -0.1) is 0 Å². The Morgan fingerprint density at radius 2 is 0.487 bits per heavy atom. The SMILES string of the molecule is CC/C=C\C/C=C\C/C=C\C/C=C\C/C=C\C/C=C\CCCCCCCCCCCCC(=O)OCC(COC(=O)CCCCCCC/C=C\C/C=C\CCCC)OC(=O)CCCCCCCC/C=C\C/C=C\C/C=C\C/C=C\CC. The fraction of sp³-hybridized carbons (Fsp3) is 0.635. The summed E-state index contributed by atoms with van der Waals surface area (Å²) in [4.78, 5) is 38.4. The number of carbonyl (C=O) groups excluding carboxylic acids is 3. The second-order valence-electron chi connectivity index (χ2n) is 21.3. The van der Waals surface area contributed by atoms with Gasteiger partial charge in [-0.1, -0.05) is 276 Å². The van der Waals surface area contributed by atoms with Crippen LogP contribution >= 0.6 is 0 Å². The van der Waals surface area contributed by atoms with Crippen LogP contribution in [0.5, 0.6) is 0 Å². The van der Waals surface area contributed by atoms with E-state index in [1.54, 1.807) is 0 Å². The first kappa shape index (κ1) is 75.3. The smallest absolute Gasteiger partial charge is 0.306 e. The molecule has 0 N–H and O–H groups in total. The molecule has 0 aromatic carbocycles. The lowest BCUT2D eigenvalue weighted by Crippen LogP contribution is -2.30. The molecule has 0 saturated heterocycles. The molecule has 0 aliphatic carbocycles. The van der Waals surface area contributed by atoms with E-state index in [9.17, 15) is 14.4 Å². The summed E-state index contributed by atoms with van der Waals surface area (Å²) in [6.07, 6.45) is 95.6. The van der Waals surface area contributed by atoms with Crippen LogP contribution in [0, 0.1) is 0 Å². The van der Waals surface area contributed by atoms with Crippen molar-refractivity contribution in [3.05, 3.63) is 146 Å². The Morgan fingerprint density at radius 1 is 0.263 bits per heavy atom. The number of esters is 3. The first-order valence-electron chi connectivity index (χ1n) is 32.8. The average Bonchev–Trinajstić information content (AvgIpc) is 3.46. The Balaban J connectivity index is 4.36. The first-order valence-corrected chi connectivity index (χ1v) is 32.8. The van der Waals surface area contributed by atoms with E-state index in [4.69, 9.17) is 14.2 Å². The molecule has 80 heavy (non-hydrogen) atoms. The van der Waals surface area contributed by atoms with Crippen LogP contribution in [0.15, 0.2) is 146 Å². The number of allylic oxidation sites excluding steroid dienone is 24. The molecule has 1 unspecified atom stereocenters. The molecular formula is C74H120O6. The number of rotatable bonds is 58. The zero-order chi connectivity index (χ0) is 57.8. The van der Waals surface area contributed by atoms with Crippen LogP contribution in [0.3, 0.4) is 0 Å². The summed E-state index contributed by atoms with van der Waals surface area (Å²) in [6, 6.07) is 0. The van der Waals surface area contributed by atoms with Crippen molar-refractivity contribution < 1.29 is 28.6 Å². The molecule has 0 amide bonds. The Labute approximate surface area is 493 Å². The van der Waals surface area contributed by atoms with Crippen molar-refractivity contribution in [2.45, 2.75) is 290 Å². The molecule has 452 valence electrons. The first-order chi connectivity index (χ1) is 39.5. The Kier molecular flexibility index (Phi) is 62.9. The highest BCUT2D eigenvalue weighted by Crippen LogP contribution is 2.15. The van der Waals surface area contributed by atoms with Crippen molar-refractivity contribution in [2.75, 3.05) is 13.2 Å². The van der Waals surface area contributed by atoms with Crippen LogP contribution in [-0.4, -0.2) is 37.2 Å². The van der Waals surface area contributed by atoms with Crippen molar-refractivity contribution in [3.63, 3.8) is 0 Å². The van der Waals surface area contributed by atoms with E-state index in [0.717, 1.165) is 161 Å². The molecule has 0 bridgehead atoms. The maximum atomic E-state index is 12.9. The fourth-order valence-corrected chi connectivity index (χ4v) is 8.69. The van der Waals surface area contributed by atoms with Gasteiger partial charge in [0, 0.05) is 19.3 Å². The van der Waals surface area contributed by atoms with Crippen LogP contribution in [0.4, 0.5) is 0 Å². The van der Waals surface area contributed by atoms with Gasteiger partial charge in [0.05, 0.1) is 0 Å². The Hall–Kier alpha value is -4.71. The molecule has 6 nitrogen and oxygen atoms in total. The van der Waals surface area contributed by atoms with Gasteiger partial charge < -0.3 is 14.2 Å². The molecular weight excluding hydrogens is 985 g/mol. The number of carbonyl (C=O) groups is 3. The number of hydrogen-bond acceptors (Lipinski definition) is 6. The minimum Gasteiger partial charge on any atom is -0.462 e.